The first-order valence-electron chi connectivity index (χ1n) is 6.22. The maximum Gasteiger partial charge on any atom is 1.00 e. The van der Waals surface area contributed by atoms with E-state index in [-0.39, 0.29) is 31.0 Å². The SMILES string of the molecule is CCCCCCCCCCCO.O=S(=O)(O)O.[H-].[Na+]. The Bertz CT molecular complexity index is 219. The quantitative estimate of drug-likeness (QED) is 0.315. The van der Waals surface area contributed by atoms with Gasteiger partial charge in [-0.25, -0.2) is 0 Å². The second kappa shape index (κ2) is 17.8. The van der Waals surface area contributed by atoms with Crippen LogP contribution in [0.2, 0.25) is 0 Å². The molecule has 0 fully saturated rings. The molecule has 0 atom stereocenters. The van der Waals surface area contributed by atoms with E-state index in [4.69, 9.17) is 22.6 Å². The van der Waals surface area contributed by atoms with Gasteiger partial charge < -0.3 is 6.53 Å². The predicted molar refractivity (Wildman–Crippen MR) is 69.6 cm³/mol. The Labute approximate surface area is 135 Å². The van der Waals surface area contributed by atoms with Crippen LogP contribution >= 0.6 is 0 Å². The maximum absolute atomic E-state index is 8.74. The molecule has 0 radical (unpaired) electrons. The summed E-state index contributed by atoms with van der Waals surface area (Å²) < 4.78 is 31.6. The van der Waals surface area contributed by atoms with Crippen LogP contribution in [0.25, 0.3) is 0 Å². The van der Waals surface area contributed by atoms with E-state index in [1.807, 2.05) is 0 Å². The number of rotatable bonds is 9. The Kier molecular flexibility index (Phi) is 23.7. The first-order valence-corrected chi connectivity index (χ1v) is 7.62. The van der Waals surface area contributed by atoms with Gasteiger partial charge in [0.25, 0.3) is 0 Å². The predicted octanol–water partition coefficient (Wildman–Crippen LogP) is -0.0268. The fourth-order valence-electron chi connectivity index (χ4n) is 1.42. The van der Waals surface area contributed by atoms with Gasteiger partial charge in [-0.3, -0.25) is 9.11 Å². The van der Waals surface area contributed by atoms with Crippen molar-refractivity contribution in [2.45, 2.75) is 64.7 Å². The van der Waals surface area contributed by atoms with Crippen LogP contribution in [0.3, 0.4) is 0 Å². The van der Waals surface area contributed by atoms with Crippen LogP contribution in [-0.4, -0.2) is 29.2 Å². The van der Waals surface area contributed by atoms with Crippen molar-refractivity contribution in [1.82, 2.24) is 0 Å². The molecular formula is C11H27NaO5S. The van der Waals surface area contributed by atoms with Crippen molar-refractivity contribution in [3.8, 4) is 0 Å². The molecule has 0 aromatic rings. The third-order valence-corrected chi connectivity index (χ3v) is 2.26. The summed E-state index contributed by atoms with van der Waals surface area (Å²) >= 11 is 0. The summed E-state index contributed by atoms with van der Waals surface area (Å²) in [6.07, 6.45) is 11.8. The van der Waals surface area contributed by atoms with E-state index in [9.17, 15) is 0 Å². The molecule has 0 bridgehead atoms. The van der Waals surface area contributed by atoms with Gasteiger partial charge in [-0.1, -0.05) is 58.3 Å². The molecule has 0 amide bonds. The zero-order valence-corrected chi connectivity index (χ0v) is 14.5. The molecule has 0 aromatic heterocycles. The number of aliphatic hydroxyl groups is 1. The molecule has 0 rings (SSSR count). The molecular weight excluding hydrogens is 267 g/mol. The number of hydrogen-bond acceptors (Lipinski definition) is 3. The van der Waals surface area contributed by atoms with Gasteiger partial charge >= 0.3 is 40.0 Å². The van der Waals surface area contributed by atoms with Gasteiger partial charge in [-0.15, -0.1) is 0 Å². The Hall–Kier alpha value is 0.830. The van der Waals surface area contributed by atoms with Gasteiger partial charge in [-0.05, 0) is 6.42 Å². The van der Waals surface area contributed by atoms with Crippen molar-refractivity contribution < 1.29 is 53.6 Å². The van der Waals surface area contributed by atoms with Crippen LogP contribution in [0, 0.1) is 0 Å². The summed E-state index contributed by atoms with van der Waals surface area (Å²) in [5.74, 6) is 0. The molecule has 0 unspecified atom stereocenters. The van der Waals surface area contributed by atoms with E-state index in [1.54, 1.807) is 0 Å². The van der Waals surface area contributed by atoms with Gasteiger partial charge in [0.2, 0.25) is 0 Å². The minimum atomic E-state index is -4.67. The van der Waals surface area contributed by atoms with E-state index in [2.05, 4.69) is 6.92 Å². The van der Waals surface area contributed by atoms with Gasteiger partial charge in [0.1, 0.15) is 0 Å². The van der Waals surface area contributed by atoms with Crippen molar-refractivity contribution in [3.05, 3.63) is 0 Å². The molecule has 108 valence electrons. The van der Waals surface area contributed by atoms with Crippen LogP contribution in [-0.2, 0) is 10.4 Å². The summed E-state index contributed by atoms with van der Waals surface area (Å²) in [4.78, 5) is 0. The van der Waals surface area contributed by atoms with Crippen molar-refractivity contribution in [3.63, 3.8) is 0 Å². The van der Waals surface area contributed by atoms with Crippen LogP contribution in [0.1, 0.15) is 66.1 Å². The fraction of sp³-hybridized carbons (Fsp3) is 1.00. The van der Waals surface area contributed by atoms with Crippen LogP contribution in [0.5, 0.6) is 0 Å². The molecule has 0 aliphatic rings. The second-order valence-electron chi connectivity index (χ2n) is 4.00. The summed E-state index contributed by atoms with van der Waals surface area (Å²) in [7, 11) is -4.67. The Morgan fingerprint density at radius 1 is 0.833 bits per heavy atom. The second-order valence-corrected chi connectivity index (χ2v) is 4.90. The smallest absolute Gasteiger partial charge is 1.00 e. The number of aliphatic hydroxyl groups excluding tert-OH is 1. The topological polar surface area (TPSA) is 94.8 Å². The van der Waals surface area contributed by atoms with Crippen molar-refractivity contribution in [2.75, 3.05) is 6.61 Å². The Morgan fingerprint density at radius 2 is 1.11 bits per heavy atom. The van der Waals surface area contributed by atoms with Gasteiger partial charge in [0.15, 0.2) is 0 Å². The normalized spacial score (nSPS) is 10.2. The van der Waals surface area contributed by atoms with Crippen molar-refractivity contribution in [1.29, 1.82) is 0 Å². The van der Waals surface area contributed by atoms with Crippen molar-refractivity contribution in [2.24, 2.45) is 0 Å². The van der Waals surface area contributed by atoms with Crippen molar-refractivity contribution >= 4 is 10.4 Å². The average Bonchev–Trinajstić information content (AvgIpc) is 2.20. The summed E-state index contributed by atoms with van der Waals surface area (Å²) in [6, 6.07) is 0. The largest absolute Gasteiger partial charge is 1.00 e. The van der Waals surface area contributed by atoms with Crippen LogP contribution in [0.4, 0.5) is 0 Å². The zero-order valence-electron chi connectivity index (χ0n) is 12.6. The van der Waals surface area contributed by atoms with E-state index in [1.165, 1.54) is 51.4 Å². The minimum absolute atomic E-state index is 0. The average molecular weight is 294 g/mol. The standard InChI is InChI=1S/C11H24O.Na.H2O4S.H/c1-2-3-4-5-6-7-8-9-10-11-12;;1-5(2,3)4;/h12H,2-11H2,1H3;;(H2,1,2,3,4);/q;+1;;-1. The van der Waals surface area contributed by atoms with E-state index < -0.39 is 10.4 Å². The molecule has 0 aromatic carbocycles. The molecule has 7 heteroatoms. The number of unbranched alkanes of at least 4 members (excludes halogenated alkanes) is 8. The third kappa shape index (κ3) is 43.6. The van der Waals surface area contributed by atoms with E-state index in [0.717, 1.165) is 6.42 Å². The summed E-state index contributed by atoms with van der Waals surface area (Å²) in [5, 5.41) is 8.54. The molecule has 18 heavy (non-hydrogen) atoms. The first kappa shape index (κ1) is 23.9. The van der Waals surface area contributed by atoms with E-state index in [0.29, 0.717) is 6.61 Å². The molecule has 0 saturated carbocycles. The number of hydrogen-bond donors (Lipinski definition) is 3. The van der Waals surface area contributed by atoms with Gasteiger partial charge in [0.05, 0.1) is 0 Å². The molecule has 3 N–H and O–H groups in total. The Balaban J connectivity index is -0.000000139. The monoisotopic (exact) mass is 294 g/mol. The molecule has 0 spiro atoms. The van der Waals surface area contributed by atoms with Crippen LogP contribution < -0.4 is 29.6 Å². The minimum Gasteiger partial charge on any atom is -1.00 e. The third-order valence-electron chi connectivity index (χ3n) is 2.26. The fourth-order valence-corrected chi connectivity index (χ4v) is 1.42. The summed E-state index contributed by atoms with van der Waals surface area (Å²) in [6.45, 7) is 2.62. The molecule has 0 aliphatic heterocycles. The molecule has 0 aliphatic carbocycles. The summed E-state index contributed by atoms with van der Waals surface area (Å²) in [5.41, 5.74) is 0. The Morgan fingerprint density at radius 3 is 1.39 bits per heavy atom. The maximum atomic E-state index is 8.74. The van der Waals surface area contributed by atoms with Gasteiger partial charge in [-0.2, -0.15) is 8.42 Å². The molecule has 0 saturated heterocycles. The first-order chi connectivity index (χ1) is 7.91. The van der Waals surface area contributed by atoms with Crippen LogP contribution in [0.15, 0.2) is 0 Å². The molecule has 5 nitrogen and oxygen atoms in total. The zero-order chi connectivity index (χ0) is 13.6. The van der Waals surface area contributed by atoms with E-state index >= 15 is 0 Å². The molecule has 0 heterocycles. The van der Waals surface area contributed by atoms with Gasteiger partial charge in [0, 0.05) is 6.61 Å².